The Kier molecular flexibility index (Phi) is 7.96. The fraction of sp³-hybridized carbons (Fsp3) is 0.222. The standard InChI is InChI=1S/C27H24BrClN2O5/c1-27(2,36-20-13-9-18(10-14-20)24(32)17-7-11-19(29)12-8-17)25(33)31-26-30-15-21(35-26)16-34-23-6-4-3-5-22(23)28/h3-14,21H,15-16H2,1-2H3,(H,30,31,33). The van der Waals surface area contributed by atoms with Gasteiger partial charge in [-0.2, -0.15) is 0 Å². The number of carbonyl (C=O) groups is 2. The van der Waals surface area contributed by atoms with Crippen LogP contribution in [0.1, 0.15) is 29.8 Å². The van der Waals surface area contributed by atoms with Crippen LogP contribution in [0.15, 0.2) is 82.3 Å². The SMILES string of the molecule is CC(C)(Oc1ccc(C(=O)c2ccc(Cl)cc2)cc1)C(=O)NC1=NCC(COc2ccccc2Br)O1. The topological polar surface area (TPSA) is 86.2 Å². The number of ether oxygens (including phenoxy) is 3. The van der Waals surface area contributed by atoms with Crippen LogP contribution in [-0.4, -0.2) is 42.6 Å². The van der Waals surface area contributed by atoms with Crippen molar-refractivity contribution < 1.29 is 23.8 Å². The normalized spacial score (nSPS) is 15.0. The molecule has 9 heteroatoms. The number of ketones is 1. The third-order valence-corrected chi connectivity index (χ3v) is 6.25. The minimum Gasteiger partial charge on any atom is -0.488 e. The van der Waals surface area contributed by atoms with Crippen molar-refractivity contribution >= 4 is 45.2 Å². The van der Waals surface area contributed by atoms with Gasteiger partial charge in [-0.1, -0.05) is 23.7 Å². The Morgan fingerprint density at radius 3 is 2.36 bits per heavy atom. The van der Waals surface area contributed by atoms with Crippen LogP contribution >= 0.6 is 27.5 Å². The van der Waals surface area contributed by atoms with E-state index in [0.717, 1.165) is 4.47 Å². The maximum absolute atomic E-state index is 12.8. The lowest BCUT2D eigenvalue weighted by atomic mass is 10.0. The Hall–Kier alpha value is -3.36. The van der Waals surface area contributed by atoms with Crippen molar-refractivity contribution in [2.24, 2.45) is 4.99 Å². The van der Waals surface area contributed by atoms with Gasteiger partial charge < -0.3 is 14.2 Å². The number of amides is 1. The van der Waals surface area contributed by atoms with Crippen molar-refractivity contribution in [3.8, 4) is 11.5 Å². The number of hydrogen-bond donors (Lipinski definition) is 1. The number of halogens is 2. The van der Waals surface area contributed by atoms with E-state index in [1.807, 2.05) is 24.3 Å². The zero-order chi connectivity index (χ0) is 25.7. The fourth-order valence-electron chi connectivity index (χ4n) is 3.35. The molecule has 186 valence electrons. The first-order valence-corrected chi connectivity index (χ1v) is 12.4. The van der Waals surface area contributed by atoms with Gasteiger partial charge in [0.25, 0.3) is 11.9 Å². The minimum absolute atomic E-state index is 0.126. The summed E-state index contributed by atoms with van der Waals surface area (Å²) < 4.78 is 18.2. The summed E-state index contributed by atoms with van der Waals surface area (Å²) in [7, 11) is 0. The monoisotopic (exact) mass is 570 g/mol. The molecule has 0 radical (unpaired) electrons. The van der Waals surface area contributed by atoms with Crippen LogP contribution in [0.3, 0.4) is 0 Å². The fourth-order valence-corrected chi connectivity index (χ4v) is 3.87. The highest BCUT2D eigenvalue weighted by atomic mass is 79.9. The van der Waals surface area contributed by atoms with Crippen molar-refractivity contribution in [2.75, 3.05) is 13.2 Å². The first kappa shape index (κ1) is 25.7. The summed E-state index contributed by atoms with van der Waals surface area (Å²) in [6.45, 7) is 3.92. The maximum atomic E-state index is 12.8. The number of para-hydroxylation sites is 1. The van der Waals surface area contributed by atoms with Crippen molar-refractivity contribution in [3.05, 3.63) is 93.4 Å². The highest BCUT2D eigenvalue weighted by molar-refractivity contribution is 9.10. The summed E-state index contributed by atoms with van der Waals surface area (Å²) in [6, 6.07) is 20.9. The van der Waals surface area contributed by atoms with Crippen LogP contribution in [0.2, 0.25) is 5.02 Å². The highest BCUT2D eigenvalue weighted by Crippen LogP contribution is 2.25. The molecule has 36 heavy (non-hydrogen) atoms. The van der Waals surface area contributed by atoms with E-state index >= 15 is 0 Å². The summed E-state index contributed by atoms with van der Waals surface area (Å²) in [6.07, 6.45) is -0.317. The van der Waals surface area contributed by atoms with E-state index in [1.165, 1.54) is 0 Å². The molecule has 1 aliphatic heterocycles. The van der Waals surface area contributed by atoms with Crippen LogP contribution in [0, 0.1) is 0 Å². The van der Waals surface area contributed by atoms with Gasteiger partial charge in [-0.25, -0.2) is 4.99 Å². The van der Waals surface area contributed by atoms with Gasteiger partial charge in [-0.05, 0) is 90.4 Å². The van der Waals surface area contributed by atoms with Gasteiger partial charge in [0.15, 0.2) is 17.5 Å². The van der Waals surface area contributed by atoms with E-state index in [9.17, 15) is 9.59 Å². The Morgan fingerprint density at radius 2 is 1.69 bits per heavy atom. The summed E-state index contributed by atoms with van der Waals surface area (Å²) >= 11 is 9.33. The van der Waals surface area contributed by atoms with Crippen molar-refractivity contribution in [2.45, 2.75) is 25.6 Å². The van der Waals surface area contributed by atoms with Gasteiger partial charge in [-0.3, -0.25) is 14.9 Å². The molecule has 0 saturated carbocycles. The van der Waals surface area contributed by atoms with E-state index in [4.69, 9.17) is 25.8 Å². The van der Waals surface area contributed by atoms with Crippen LogP contribution in [0.25, 0.3) is 0 Å². The first-order chi connectivity index (χ1) is 17.2. The van der Waals surface area contributed by atoms with Crippen molar-refractivity contribution in [3.63, 3.8) is 0 Å². The molecule has 1 aliphatic rings. The molecule has 0 saturated heterocycles. The number of carbonyl (C=O) groups excluding carboxylic acids is 2. The van der Waals surface area contributed by atoms with Gasteiger partial charge >= 0.3 is 0 Å². The molecule has 1 atom stereocenters. The van der Waals surface area contributed by atoms with Crippen LogP contribution in [0.5, 0.6) is 11.5 Å². The molecule has 0 spiro atoms. The zero-order valence-electron chi connectivity index (χ0n) is 19.7. The molecule has 1 unspecified atom stereocenters. The van der Waals surface area contributed by atoms with Crippen LogP contribution < -0.4 is 14.8 Å². The van der Waals surface area contributed by atoms with E-state index in [2.05, 4.69) is 26.2 Å². The second-order valence-electron chi connectivity index (χ2n) is 8.55. The Morgan fingerprint density at radius 1 is 1.06 bits per heavy atom. The average molecular weight is 572 g/mol. The molecule has 3 aromatic carbocycles. The molecular formula is C27H24BrClN2O5. The number of benzene rings is 3. The predicted molar refractivity (Wildman–Crippen MR) is 141 cm³/mol. The third kappa shape index (κ3) is 6.44. The quantitative estimate of drug-likeness (QED) is 0.364. The largest absolute Gasteiger partial charge is 0.488 e. The summed E-state index contributed by atoms with van der Waals surface area (Å²) in [5.74, 6) is 0.588. The van der Waals surface area contributed by atoms with Gasteiger partial charge in [0.1, 0.15) is 18.1 Å². The summed E-state index contributed by atoms with van der Waals surface area (Å²) in [5.41, 5.74) is -0.196. The molecule has 1 N–H and O–H groups in total. The van der Waals surface area contributed by atoms with Crippen molar-refractivity contribution in [1.29, 1.82) is 0 Å². The number of rotatable bonds is 8. The number of amidine groups is 1. The first-order valence-electron chi connectivity index (χ1n) is 11.2. The van der Waals surface area contributed by atoms with E-state index in [0.29, 0.717) is 34.2 Å². The Bertz CT molecular complexity index is 1280. The van der Waals surface area contributed by atoms with Gasteiger partial charge in [0, 0.05) is 16.1 Å². The van der Waals surface area contributed by atoms with E-state index < -0.39 is 11.5 Å². The van der Waals surface area contributed by atoms with Gasteiger partial charge in [0.05, 0.1) is 11.0 Å². The zero-order valence-corrected chi connectivity index (χ0v) is 22.0. The van der Waals surface area contributed by atoms with Crippen molar-refractivity contribution in [1.82, 2.24) is 5.32 Å². The maximum Gasteiger partial charge on any atom is 0.292 e. The molecular weight excluding hydrogens is 548 g/mol. The van der Waals surface area contributed by atoms with Crippen LogP contribution in [0.4, 0.5) is 0 Å². The second-order valence-corrected chi connectivity index (χ2v) is 9.84. The molecule has 1 heterocycles. The minimum atomic E-state index is -1.23. The molecule has 4 rings (SSSR count). The lowest BCUT2D eigenvalue weighted by Gasteiger charge is -2.25. The van der Waals surface area contributed by atoms with E-state index in [1.54, 1.807) is 62.4 Å². The third-order valence-electron chi connectivity index (χ3n) is 5.34. The van der Waals surface area contributed by atoms with Gasteiger partial charge in [-0.15, -0.1) is 0 Å². The Balaban J connectivity index is 1.29. The number of nitrogens with zero attached hydrogens (tertiary/aromatic N) is 1. The van der Waals surface area contributed by atoms with Gasteiger partial charge in [0.2, 0.25) is 0 Å². The van der Waals surface area contributed by atoms with E-state index in [-0.39, 0.29) is 24.5 Å². The summed E-state index contributed by atoms with van der Waals surface area (Å²) in [5, 5.41) is 3.23. The molecule has 7 nitrogen and oxygen atoms in total. The predicted octanol–water partition coefficient (Wildman–Crippen LogP) is 5.44. The molecule has 0 aromatic heterocycles. The lowest BCUT2D eigenvalue weighted by molar-refractivity contribution is -0.133. The smallest absolute Gasteiger partial charge is 0.292 e. The molecule has 0 fully saturated rings. The highest BCUT2D eigenvalue weighted by Gasteiger charge is 2.33. The number of hydrogen-bond acceptors (Lipinski definition) is 6. The molecule has 1 amide bonds. The number of nitrogens with one attached hydrogen (secondary N) is 1. The molecule has 0 aliphatic carbocycles. The summed E-state index contributed by atoms with van der Waals surface area (Å²) in [4.78, 5) is 29.7. The lowest BCUT2D eigenvalue weighted by Crippen LogP contribution is -2.49. The second kappa shape index (κ2) is 11.1. The number of aliphatic imine (C=N–C) groups is 1. The molecule has 3 aromatic rings. The Labute approximate surface area is 222 Å². The van der Waals surface area contributed by atoms with Crippen LogP contribution in [-0.2, 0) is 9.53 Å². The molecule has 0 bridgehead atoms. The average Bonchev–Trinajstić information content (AvgIpc) is 3.31.